The van der Waals surface area contributed by atoms with Crippen molar-refractivity contribution in [2.45, 2.75) is 0 Å². The molecule has 164 valence electrons. The van der Waals surface area contributed by atoms with E-state index in [9.17, 15) is 29.7 Å². The Hall–Kier alpha value is -4.01. The Morgan fingerprint density at radius 1 is 0.484 bits per heavy atom. The number of carboxylic acids is 3. The number of hydrogen-bond acceptors (Lipinski definition) is 6. The number of aromatic carboxylic acids is 3. The van der Waals surface area contributed by atoms with Crippen molar-refractivity contribution in [3.63, 3.8) is 0 Å². The Labute approximate surface area is 186 Å². The molecule has 0 fully saturated rings. The molecule has 0 spiro atoms. The van der Waals surface area contributed by atoms with Crippen molar-refractivity contribution in [3.8, 4) is 17.2 Å². The number of carbonyl (C=O) groups is 3. The van der Waals surface area contributed by atoms with E-state index in [1.807, 2.05) is 0 Å². The number of benzene rings is 3. The van der Waals surface area contributed by atoms with E-state index in [-0.39, 0.29) is 33.8 Å². The van der Waals surface area contributed by atoms with Crippen molar-refractivity contribution < 1.29 is 62.1 Å². The maximum atomic E-state index is 10.7. The normalized spacial score (nSPS) is 8.90. The Morgan fingerprint density at radius 3 is 0.806 bits per heavy atom. The SMILES string of the molecule is O=C(O)c1ccccc1[O-].O=C(O)c1ccccc1[O-].O=C(O)c1ccccc1[O-].[Fe]. The molecule has 0 radical (unpaired) electrons. The Kier molecular flexibility index (Phi) is 11.5. The second kappa shape index (κ2) is 13.3. The van der Waals surface area contributed by atoms with Gasteiger partial charge in [-0.05, 0) is 18.2 Å². The molecule has 0 heterocycles. The first-order valence-corrected chi connectivity index (χ1v) is 8.13. The van der Waals surface area contributed by atoms with Gasteiger partial charge in [0.15, 0.2) is 0 Å². The van der Waals surface area contributed by atoms with E-state index in [1.54, 1.807) is 0 Å². The van der Waals surface area contributed by atoms with Crippen molar-refractivity contribution >= 4 is 17.9 Å². The maximum absolute atomic E-state index is 10.7. The average Bonchev–Trinajstić information content (AvgIpc) is 2.69. The third kappa shape index (κ3) is 8.90. The van der Waals surface area contributed by atoms with Gasteiger partial charge in [0, 0.05) is 17.1 Å². The number of para-hydroxylation sites is 3. The molecule has 3 aromatic rings. The van der Waals surface area contributed by atoms with Crippen LogP contribution >= 0.6 is 0 Å². The molecule has 0 saturated carbocycles. The molecule has 9 nitrogen and oxygen atoms in total. The molecule has 0 aromatic heterocycles. The predicted molar refractivity (Wildman–Crippen MR) is 98.5 cm³/mol. The van der Waals surface area contributed by atoms with Gasteiger partial charge in [0.1, 0.15) is 0 Å². The average molecular weight is 467 g/mol. The van der Waals surface area contributed by atoms with Crippen molar-refractivity contribution in [2.24, 2.45) is 0 Å². The first kappa shape index (κ1) is 27.0. The van der Waals surface area contributed by atoms with Crippen LogP contribution in [0.1, 0.15) is 31.1 Å². The second-order valence-corrected chi connectivity index (χ2v) is 5.40. The van der Waals surface area contributed by atoms with E-state index in [1.165, 1.54) is 72.8 Å². The molecule has 31 heavy (non-hydrogen) atoms. The monoisotopic (exact) mass is 467 g/mol. The predicted octanol–water partition coefficient (Wildman–Crippen LogP) is 1.37. The van der Waals surface area contributed by atoms with E-state index in [0.717, 1.165) is 0 Å². The summed E-state index contributed by atoms with van der Waals surface area (Å²) in [4.78, 5) is 30.7. The van der Waals surface area contributed by atoms with Crippen LogP contribution in [0.5, 0.6) is 17.2 Å². The van der Waals surface area contributed by atoms with Crippen LogP contribution in [0.4, 0.5) is 0 Å². The van der Waals surface area contributed by atoms with Gasteiger partial charge in [-0.25, -0.2) is 14.4 Å². The van der Waals surface area contributed by atoms with Crippen LogP contribution < -0.4 is 15.3 Å². The van der Waals surface area contributed by atoms with Crippen LogP contribution in [-0.4, -0.2) is 33.2 Å². The van der Waals surface area contributed by atoms with E-state index in [4.69, 9.17) is 15.3 Å². The summed E-state index contributed by atoms with van der Waals surface area (Å²) in [6.07, 6.45) is 0. The van der Waals surface area contributed by atoms with E-state index < -0.39 is 35.2 Å². The molecule has 0 aliphatic rings. The Balaban J connectivity index is 0.000000429. The van der Waals surface area contributed by atoms with Crippen LogP contribution in [0.3, 0.4) is 0 Å². The molecule has 3 aromatic carbocycles. The van der Waals surface area contributed by atoms with Crippen molar-refractivity contribution in [1.29, 1.82) is 0 Å². The molecule has 0 aliphatic heterocycles. The summed E-state index contributed by atoms with van der Waals surface area (Å²) in [5.74, 6) is -4.87. The van der Waals surface area contributed by atoms with Gasteiger partial charge in [-0.1, -0.05) is 71.8 Å². The molecule has 0 saturated heterocycles. The van der Waals surface area contributed by atoms with Crippen LogP contribution in [0, 0.1) is 0 Å². The van der Waals surface area contributed by atoms with Crippen molar-refractivity contribution in [1.82, 2.24) is 0 Å². The minimum absolute atomic E-state index is 0. The summed E-state index contributed by atoms with van der Waals surface area (Å²) in [7, 11) is 0. The Morgan fingerprint density at radius 2 is 0.677 bits per heavy atom. The molecule has 0 bridgehead atoms. The minimum atomic E-state index is -1.18. The van der Waals surface area contributed by atoms with E-state index in [0.29, 0.717) is 0 Å². The fraction of sp³-hybridized carbons (Fsp3) is 0. The number of rotatable bonds is 3. The molecule has 0 amide bonds. The third-order valence-electron chi connectivity index (χ3n) is 3.35. The largest absolute Gasteiger partial charge is 0.872 e. The van der Waals surface area contributed by atoms with Crippen LogP contribution in [0.25, 0.3) is 0 Å². The van der Waals surface area contributed by atoms with Gasteiger partial charge in [-0.3, -0.25) is 0 Å². The molecule has 3 N–H and O–H groups in total. The van der Waals surface area contributed by atoms with E-state index >= 15 is 0 Å². The van der Waals surface area contributed by atoms with Crippen molar-refractivity contribution in [2.75, 3.05) is 0 Å². The summed E-state index contributed by atoms with van der Waals surface area (Å²) in [6.45, 7) is 0. The smallest absolute Gasteiger partial charge is 0.335 e. The molecule has 10 heteroatoms. The quantitative estimate of drug-likeness (QED) is 0.479. The fourth-order valence-electron chi connectivity index (χ4n) is 1.93. The summed E-state index contributed by atoms with van der Waals surface area (Å²) in [6, 6.07) is 16.6. The molecular formula is C21H15FeO9-3. The molecule has 3 rings (SSSR count). The fourth-order valence-corrected chi connectivity index (χ4v) is 1.93. The Bertz CT molecular complexity index is 903. The minimum Gasteiger partial charge on any atom is -0.872 e. The molecule has 0 unspecified atom stereocenters. The van der Waals surface area contributed by atoms with Gasteiger partial charge >= 0.3 is 17.9 Å². The number of carboxylic acid groups (broad SMARTS) is 3. The third-order valence-corrected chi connectivity index (χ3v) is 3.35. The second-order valence-electron chi connectivity index (χ2n) is 5.40. The van der Waals surface area contributed by atoms with Gasteiger partial charge in [0.05, 0.1) is 16.7 Å². The molecular weight excluding hydrogens is 452 g/mol. The standard InChI is InChI=1S/3C7H6O3.Fe/c3*8-6-4-2-1-3-5(6)7(9)10;/h3*1-4,8H,(H,9,10);/p-3. The first-order chi connectivity index (χ1) is 14.1. The van der Waals surface area contributed by atoms with Gasteiger partial charge in [-0.2, -0.15) is 0 Å². The molecule has 0 aliphatic carbocycles. The first-order valence-electron chi connectivity index (χ1n) is 8.13. The van der Waals surface area contributed by atoms with Gasteiger partial charge < -0.3 is 30.6 Å². The van der Waals surface area contributed by atoms with Gasteiger partial charge in [0.25, 0.3) is 0 Å². The summed E-state index contributed by atoms with van der Waals surface area (Å²) in [5.41, 5.74) is -0.535. The van der Waals surface area contributed by atoms with Crippen LogP contribution in [0.2, 0.25) is 0 Å². The van der Waals surface area contributed by atoms with Gasteiger partial charge in [-0.15, -0.1) is 0 Å². The van der Waals surface area contributed by atoms with Crippen LogP contribution in [-0.2, 0) is 17.1 Å². The zero-order chi connectivity index (χ0) is 22.7. The van der Waals surface area contributed by atoms with Crippen molar-refractivity contribution in [3.05, 3.63) is 89.5 Å². The zero-order valence-corrected chi connectivity index (χ0v) is 16.7. The molecule has 0 atom stereocenters. The summed E-state index contributed by atoms with van der Waals surface area (Å²) in [5, 5.41) is 57.1. The van der Waals surface area contributed by atoms with Gasteiger partial charge in [0.2, 0.25) is 0 Å². The maximum Gasteiger partial charge on any atom is 0.335 e. The topological polar surface area (TPSA) is 181 Å². The summed E-state index contributed by atoms with van der Waals surface area (Å²) >= 11 is 0. The zero-order valence-electron chi connectivity index (χ0n) is 15.6. The summed E-state index contributed by atoms with van der Waals surface area (Å²) < 4.78 is 0. The van der Waals surface area contributed by atoms with E-state index in [2.05, 4.69) is 0 Å². The number of hydrogen-bond donors (Lipinski definition) is 3. The van der Waals surface area contributed by atoms with Crippen LogP contribution in [0.15, 0.2) is 72.8 Å².